The van der Waals surface area contributed by atoms with E-state index in [0.29, 0.717) is 22.4 Å². The van der Waals surface area contributed by atoms with Gasteiger partial charge in [-0.05, 0) is 55.3 Å². The highest BCUT2D eigenvalue weighted by Crippen LogP contribution is 2.38. The average Bonchev–Trinajstić information content (AvgIpc) is 3.04. The predicted octanol–water partition coefficient (Wildman–Crippen LogP) is 5.69. The smallest absolute Gasteiger partial charge is 0.416 e. The van der Waals surface area contributed by atoms with Gasteiger partial charge in [0.05, 0.1) is 30.1 Å². The Hall–Kier alpha value is -2.55. The highest BCUT2D eigenvalue weighted by Gasteiger charge is 2.34. The summed E-state index contributed by atoms with van der Waals surface area (Å²) in [7, 11) is 1.44. The second-order valence-corrected chi connectivity index (χ2v) is 8.69. The molecule has 2 aromatic rings. The van der Waals surface area contributed by atoms with Gasteiger partial charge in [0.2, 0.25) is 0 Å². The number of Topliss-reactive ketones (excluding diaryl/α,β-unsaturated/α-hetero) is 1. The number of nitrogens with zero attached hydrogens (tertiary/aromatic N) is 1. The lowest BCUT2D eigenvalue weighted by Gasteiger charge is -2.22. The molecule has 0 saturated carbocycles. The summed E-state index contributed by atoms with van der Waals surface area (Å²) in [5, 5.41) is 0. The van der Waals surface area contributed by atoms with Crippen molar-refractivity contribution < 1.29 is 32.2 Å². The zero-order chi connectivity index (χ0) is 22.9. The summed E-state index contributed by atoms with van der Waals surface area (Å²) < 4.78 is 50.6. The minimum Gasteiger partial charge on any atom is -0.496 e. The zero-order valence-electron chi connectivity index (χ0n) is 17.1. The summed E-state index contributed by atoms with van der Waals surface area (Å²) in [4.78, 5) is 25.5. The van der Waals surface area contributed by atoms with E-state index in [1.807, 2.05) is 0 Å². The van der Waals surface area contributed by atoms with E-state index >= 15 is 0 Å². The lowest BCUT2D eigenvalue weighted by Crippen LogP contribution is -2.30. The summed E-state index contributed by atoms with van der Waals surface area (Å²) in [5.74, 6) is 0.228. The normalized spacial score (nSPS) is 17.5. The molecule has 1 heterocycles. The Morgan fingerprint density at radius 2 is 1.97 bits per heavy atom. The molecule has 3 rings (SSSR count). The quantitative estimate of drug-likeness (QED) is 0.378. The van der Waals surface area contributed by atoms with Gasteiger partial charge in [-0.2, -0.15) is 13.2 Å². The number of benzene rings is 2. The predicted molar refractivity (Wildman–Crippen MR) is 113 cm³/mol. The summed E-state index contributed by atoms with van der Waals surface area (Å²) in [6, 6.07) is 7.86. The molecule has 0 bridgehead atoms. The van der Waals surface area contributed by atoms with Gasteiger partial charge in [0.15, 0.2) is 5.78 Å². The van der Waals surface area contributed by atoms with Crippen LogP contribution in [0.5, 0.6) is 5.75 Å². The van der Waals surface area contributed by atoms with Crippen molar-refractivity contribution in [1.29, 1.82) is 0 Å². The van der Waals surface area contributed by atoms with Crippen LogP contribution in [0.3, 0.4) is 0 Å². The summed E-state index contributed by atoms with van der Waals surface area (Å²) in [5.41, 5.74) is 0.737. The Labute approximate surface area is 186 Å². The molecule has 2 aromatic carbocycles. The van der Waals surface area contributed by atoms with Crippen LogP contribution in [0.15, 0.2) is 36.4 Å². The molecule has 1 aliphatic rings. The van der Waals surface area contributed by atoms with E-state index in [-0.39, 0.29) is 30.5 Å². The first kappa shape index (κ1) is 23.1. The molecular weight excluding hydrogens is 479 g/mol. The van der Waals surface area contributed by atoms with Crippen molar-refractivity contribution in [3.8, 4) is 16.9 Å². The van der Waals surface area contributed by atoms with Gasteiger partial charge in [-0.1, -0.05) is 22.0 Å². The number of hydrogen-bond donors (Lipinski definition) is 0. The first-order valence-corrected chi connectivity index (χ1v) is 10.4. The van der Waals surface area contributed by atoms with E-state index in [4.69, 9.17) is 9.47 Å². The van der Waals surface area contributed by atoms with Crippen molar-refractivity contribution in [1.82, 2.24) is 4.90 Å². The van der Waals surface area contributed by atoms with Crippen molar-refractivity contribution in [2.45, 2.75) is 37.4 Å². The molecule has 1 aliphatic heterocycles. The van der Waals surface area contributed by atoms with Crippen LogP contribution in [0, 0.1) is 0 Å². The van der Waals surface area contributed by atoms with Gasteiger partial charge in [-0.3, -0.25) is 9.69 Å². The van der Waals surface area contributed by atoms with Crippen molar-refractivity contribution >= 4 is 27.8 Å². The lowest BCUT2D eigenvalue weighted by molar-refractivity contribution is -0.137. The maximum Gasteiger partial charge on any atom is 0.416 e. The van der Waals surface area contributed by atoms with E-state index in [1.165, 1.54) is 18.1 Å². The highest BCUT2D eigenvalue weighted by molar-refractivity contribution is 9.10. The molecule has 1 unspecified atom stereocenters. The third kappa shape index (κ3) is 4.87. The maximum absolute atomic E-state index is 13.4. The number of ketones is 1. The van der Waals surface area contributed by atoms with Crippen LogP contribution in [-0.4, -0.2) is 41.4 Å². The Morgan fingerprint density at radius 1 is 1.26 bits per heavy atom. The van der Waals surface area contributed by atoms with E-state index in [9.17, 15) is 22.8 Å². The molecule has 31 heavy (non-hydrogen) atoms. The minimum atomic E-state index is -4.54. The molecule has 1 amide bonds. The van der Waals surface area contributed by atoms with E-state index < -0.39 is 22.7 Å². The van der Waals surface area contributed by atoms with Gasteiger partial charge < -0.3 is 9.47 Å². The number of amides is 1. The number of halogens is 4. The Bertz CT molecular complexity index is 1010. The van der Waals surface area contributed by atoms with E-state index in [2.05, 4.69) is 15.9 Å². The number of rotatable bonds is 6. The lowest BCUT2D eigenvalue weighted by atomic mass is 9.93. The minimum absolute atomic E-state index is 0.0740. The van der Waals surface area contributed by atoms with Crippen molar-refractivity contribution in [3.63, 3.8) is 0 Å². The Balaban J connectivity index is 2.17. The summed E-state index contributed by atoms with van der Waals surface area (Å²) in [6.07, 6.45) is -5.13. The van der Waals surface area contributed by atoms with Crippen molar-refractivity contribution in [2.75, 3.05) is 13.7 Å². The van der Waals surface area contributed by atoms with Crippen LogP contribution in [0.2, 0.25) is 0 Å². The molecule has 0 spiro atoms. The molecule has 5 nitrogen and oxygen atoms in total. The molecule has 0 aromatic heterocycles. The van der Waals surface area contributed by atoms with Crippen LogP contribution in [-0.2, 0) is 17.5 Å². The number of cyclic esters (lactones) is 1. The third-order valence-corrected chi connectivity index (χ3v) is 5.54. The van der Waals surface area contributed by atoms with Crippen LogP contribution in [0.4, 0.5) is 18.0 Å². The van der Waals surface area contributed by atoms with Crippen LogP contribution >= 0.6 is 15.9 Å². The van der Waals surface area contributed by atoms with Gasteiger partial charge in [0.1, 0.15) is 12.4 Å². The van der Waals surface area contributed by atoms with Gasteiger partial charge in [-0.15, -0.1) is 0 Å². The first-order valence-electron chi connectivity index (χ1n) is 9.53. The number of alkyl halides is 4. The fourth-order valence-corrected chi connectivity index (χ4v) is 3.68. The van der Waals surface area contributed by atoms with Gasteiger partial charge >= 0.3 is 12.3 Å². The molecule has 0 aliphatic carbocycles. The molecule has 1 saturated heterocycles. The average molecular weight is 500 g/mol. The maximum atomic E-state index is 13.4. The number of carbonyl (C=O) groups is 2. The largest absolute Gasteiger partial charge is 0.496 e. The molecule has 1 fully saturated rings. The van der Waals surface area contributed by atoms with Gasteiger partial charge in [-0.25, -0.2) is 4.79 Å². The van der Waals surface area contributed by atoms with Crippen molar-refractivity contribution in [2.24, 2.45) is 0 Å². The van der Waals surface area contributed by atoms with Gasteiger partial charge in [0.25, 0.3) is 0 Å². The number of ether oxygens (including phenoxy) is 2. The first-order chi connectivity index (χ1) is 14.5. The molecule has 0 radical (unpaired) electrons. The summed E-state index contributed by atoms with van der Waals surface area (Å²) >= 11 is 3.25. The topological polar surface area (TPSA) is 55.8 Å². The second kappa shape index (κ2) is 8.90. The standard InChI is InChI=1S/C22H21BrF3NO4/c1-12-11-31-21(29)27(12)10-15-8-16(22(24,25)26)5-6-17(15)18-9-14(20(28)13(2)23)4-7-19(18)30-3/h4-9,12-13H,10-11H2,1-3H3/t12-,13?/m0/s1. The Kier molecular flexibility index (Phi) is 6.64. The molecule has 9 heteroatoms. The zero-order valence-corrected chi connectivity index (χ0v) is 18.7. The highest BCUT2D eigenvalue weighted by atomic mass is 79.9. The fourth-order valence-electron chi connectivity index (χ4n) is 3.41. The number of carbonyl (C=O) groups excluding carboxylic acids is 2. The van der Waals surface area contributed by atoms with Crippen LogP contribution in [0.1, 0.15) is 35.3 Å². The van der Waals surface area contributed by atoms with Gasteiger partial charge in [0, 0.05) is 11.1 Å². The van der Waals surface area contributed by atoms with Crippen molar-refractivity contribution in [3.05, 3.63) is 53.1 Å². The number of hydrogen-bond acceptors (Lipinski definition) is 4. The third-order valence-electron chi connectivity index (χ3n) is 5.12. The van der Waals surface area contributed by atoms with Crippen LogP contribution in [0.25, 0.3) is 11.1 Å². The second-order valence-electron chi connectivity index (χ2n) is 7.32. The molecule has 166 valence electrons. The number of methoxy groups -OCH3 is 1. The Morgan fingerprint density at radius 3 is 2.52 bits per heavy atom. The molecule has 0 N–H and O–H groups in total. The monoisotopic (exact) mass is 499 g/mol. The SMILES string of the molecule is COc1ccc(C(=O)C(C)Br)cc1-c1ccc(C(F)(F)F)cc1CN1C(=O)OC[C@@H]1C. The molecular formula is C22H21BrF3NO4. The molecule has 2 atom stereocenters. The van der Waals surface area contributed by atoms with Crippen LogP contribution < -0.4 is 4.74 Å². The van der Waals surface area contributed by atoms with E-state index in [1.54, 1.807) is 32.0 Å². The fraction of sp³-hybridized carbons (Fsp3) is 0.364. The summed E-state index contributed by atoms with van der Waals surface area (Å²) in [6.45, 7) is 3.55. The van der Waals surface area contributed by atoms with E-state index in [0.717, 1.165) is 12.1 Å².